The molecule has 0 saturated heterocycles. The second-order valence-electron chi connectivity index (χ2n) is 3.95. The van der Waals surface area contributed by atoms with Crippen LogP contribution in [0.15, 0.2) is 29.2 Å². The first-order valence-corrected chi connectivity index (χ1v) is 6.82. The Bertz CT molecular complexity index is 481. The Labute approximate surface area is 96.6 Å². The van der Waals surface area contributed by atoms with Gasteiger partial charge >= 0.3 is 0 Å². The van der Waals surface area contributed by atoms with Gasteiger partial charge in [-0.1, -0.05) is 26.0 Å². The molecule has 1 rings (SSSR count). The fraction of sp³-hybridized carbons (Fsp3) is 0.417. The monoisotopic (exact) mass is 237 g/mol. The highest BCUT2D eigenvalue weighted by Crippen LogP contribution is 2.18. The van der Waals surface area contributed by atoms with E-state index in [-0.39, 0.29) is 12.2 Å². The molecule has 0 aliphatic heterocycles. The van der Waals surface area contributed by atoms with E-state index in [1.807, 2.05) is 18.2 Å². The van der Waals surface area contributed by atoms with Gasteiger partial charge in [-0.3, -0.25) is 0 Å². The summed E-state index contributed by atoms with van der Waals surface area (Å²) in [6, 6.07) is 8.72. The Morgan fingerprint density at radius 2 is 1.81 bits per heavy atom. The quantitative estimate of drug-likeness (QED) is 0.808. The summed E-state index contributed by atoms with van der Waals surface area (Å²) >= 11 is 0. The van der Waals surface area contributed by atoms with Crippen molar-refractivity contribution in [2.45, 2.75) is 31.1 Å². The largest absolute Gasteiger partial charge is 0.224 e. The summed E-state index contributed by atoms with van der Waals surface area (Å²) in [7, 11) is -3.29. The van der Waals surface area contributed by atoms with E-state index in [9.17, 15) is 8.42 Å². The van der Waals surface area contributed by atoms with Crippen LogP contribution in [0.1, 0.15) is 31.7 Å². The first-order chi connectivity index (χ1) is 7.47. The van der Waals surface area contributed by atoms with Crippen molar-refractivity contribution in [3.05, 3.63) is 29.8 Å². The molecule has 0 unspecified atom stereocenters. The van der Waals surface area contributed by atoms with Gasteiger partial charge in [0.2, 0.25) is 0 Å². The van der Waals surface area contributed by atoms with Crippen LogP contribution in [0.4, 0.5) is 0 Å². The third-order valence-corrected chi connectivity index (χ3v) is 4.12. The molecule has 0 radical (unpaired) electrons. The maximum absolute atomic E-state index is 11.7. The van der Waals surface area contributed by atoms with Gasteiger partial charge in [0.1, 0.15) is 0 Å². The zero-order valence-electron chi connectivity index (χ0n) is 9.47. The second-order valence-corrected chi connectivity index (χ2v) is 6.06. The van der Waals surface area contributed by atoms with Crippen molar-refractivity contribution < 1.29 is 8.42 Å². The smallest absolute Gasteiger partial charge is 0.179 e. The van der Waals surface area contributed by atoms with E-state index < -0.39 is 9.84 Å². The summed E-state index contributed by atoms with van der Waals surface area (Å²) in [4.78, 5) is 0.298. The van der Waals surface area contributed by atoms with E-state index in [0.717, 1.165) is 5.56 Å². The lowest BCUT2D eigenvalue weighted by molar-refractivity contribution is 0.596. The predicted molar refractivity (Wildman–Crippen MR) is 62.8 cm³/mol. The number of nitrogens with zero attached hydrogens (tertiary/aromatic N) is 1. The molecule has 0 bridgehead atoms. The van der Waals surface area contributed by atoms with Gasteiger partial charge in [0.05, 0.1) is 16.7 Å². The van der Waals surface area contributed by atoms with E-state index in [2.05, 4.69) is 13.8 Å². The Hall–Kier alpha value is -1.34. The third kappa shape index (κ3) is 3.07. The zero-order chi connectivity index (χ0) is 12.2. The number of hydrogen-bond acceptors (Lipinski definition) is 3. The lowest BCUT2D eigenvalue weighted by Gasteiger charge is -2.06. The van der Waals surface area contributed by atoms with Gasteiger partial charge in [-0.2, -0.15) is 5.26 Å². The van der Waals surface area contributed by atoms with Crippen molar-refractivity contribution in [1.29, 1.82) is 5.26 Å². The lowest BCUT2D eigenvalue weighted by atomic mass is 10.0. The van der Waals surface area contributed by atoms with E-state index >= 15 is 0 Å². The van der Waals surface area contributed by atoms with Crippen LogP contribution in [0.25, 0.3) is 0 Å². The molecule has 86 valence electrons. The molecule has 0 atom stereocenters. The summed E-state index contributed by atoms with van der Waals surface area (Å²) in [6.45, 7) is 4.11. The predicted octanol–water partition coefficient (Wildman–Crippen LogP) is 2.50. The van der Waals surface area contributed by atoms with E-state index in [1.165, 1.54) is 0 Å². The molecule has 1 aromatic carbocycles. The highest BCUT2D eigenvalue weighted by atomic mass is 32.2. The minimum absolute atomic E-state index is 0.0360. The molecule has 0 heterocycles. The first kappa shape index (κ1) is 12.7. The van der Waals surface area contributed by atoms with E-state index in [0.29, 0.717) is 10.8 Å². The summed E-state index contributed by atoms with van der Waals surface area (Å²) in [5.41, 5.74) is 1.11. The number of hydrogen-bond donors (Lipinski definition) is 0. The first-order valence-electron chi connectivity index (χ1n) is 5.17. The Morgan fingerprint density at radius 3 is 2.25 bits per heavy atom. The van der Waals surface area contributed by atoms with Gasteiger partial charge in [0.25, 0.3) is 0 Å². The van der Waals surface area contributed by atoms with Crippen molar-refractivity contribution in [2.75, 3.05) is 5.75 Å². The fourth-order valence-electron chi connectivity index (χ4n) is 1.36. The topological polar surface area (TPSA) is 57.9 Å². The molecule has 0 amide bonds. The number of rotatable bonds is 4. The molecule has 1 aromatic rings. The number of nitriles is 1. The highest BCUT2D eigenvalue weighted by Gasteiger charge is 2.13. The summed E-state index contributed by atoms with van der Waals surface area (Å²) in [5, 5.41) is 8.38. The van der Waals surface area contributed by atoms with Gasteiger partial charge in [-0.25, -0.2) is 8.42 Å². The van der Waals surface area contributed by atoms with Crippen LogP contribution in [0.5, 0.6) is 0 Å². The van der Waals surface area contributed by atoms with Crippen LogP contribution in [-0.4, -0.2) is 14.2 Å². The molecule has 0 spiro atoms. The lowest BCUT2D eigenvalue weighted by Crippen LogP contribution is -2.06. The molecule has 4 heteroatoms. The summed E-state index contributed by atoms with van der Waals surface area (Å²) in [5.74, 6) is 0.278. The van der Waals surface area contributed by atoms with Crippen LogP contribution >= 0.6 is 0 Å². The maximum atomic E-state index is 11.7. The van der Waals surface area contributed by atoms with Crippen molar-refractivity contribution in [1.82, 2.24) is 0 Å². The molecule has 0 saturated carbocycles. The zero-order valence-corrected chi connectivity index (χ0v) is 10.3. The van der Waals surface area contributed by atoms with Crippen molar-refractivity contribution >= 4 is 9.84 Å². The van der Waals surface area contributed by atoms with Crippen molar-refractivity contribution in [3.8, 4) is 6.07 Å². The molecular weight excluding hydrogens is 222 g/mol. The SMILES string of the molecule is CC(C)c1ccc(S(=O)(=O)CCC#N)cc1. The second kappa shape index (κ2) is 5.13. The Kier molecular flexibility index (Phi) is 4.08. The van der Waals surface area contributed by atoms with Crippen LogP contribution in [-0.2, 0) is 9.84 Å². The van der Waals surface area contributed by atoms with Gasteiger partial charge < -0.3 is 0 Å². The number of benzene rings is 1. The van der Waals surface area contributed by atoms with Gasteiger partial charge in [-0.15, -0.1) is 0 Å². The average Bonchev–Trinajstić information content (AvgIpc) is 2.26. The van der Waals surface area contributed by atoms with E-state index in [4.69, 9.17) is 5.26 Å². The van der Waals surface area contributed by atoms with Crippen LogP contribution < -0.4 is 0 Å². The van der Waals surface area contributed by atoms with E-state index in [1.54, 1.807) is 12.1 Å². The minimum Gasteiger partial charge on any atom is -0.224 e. The van der Waals surface area contributed by atoms with Crippen LogP contribution in [0.3, 0.4) is 0 Å². The normalized spacial score (nSPS) is 11.4. The Morgan fingerprint density at radius 1 is 1.25 bits per heavy atom. The Balaban J connectivity index is 2.94. The molecule has 0 aromatic heterocycles. The molecule has 0 aliphatic rings. The van der Waals surface area contributed by atoms with Crippen molar-refractivity contribution in [3.63, 3.8) is 0 Å². The maximum Gasteiger partial charge on any atom is 0.179 e. The summed E-state index contributed by atoms with van der Waals surface area (Å²) < 4.78 is 23.4. The van der Waals surface area contributed by atoms with Gasteiger partial charge in [0, 0.05) is 6.42 Å². The van der Waals surface area contributed by atoms with Gasteiger partial charge in [-0.05, 0) is 23.6 Å². The summed E-state index contributed by atoms with van der Waals surface area (Å²) in [6.07, 6.45) is 0.0360. The minimum atomic E-state index is -3.29. The van der Waals surface area contributed by atoms with Gasteiger partial charge in [0.15, 0.2) is 9.84 Å². The van der Waals surface area contributed by atoms with Crippen LogP contribution in [0, 0.1) is 11.3 Å². The molecule has 0 N–H and O–H groups in total. The standard InChI is InChI=1S/C12H15NO2S/c1-10(2)11-4-6-12(7-5-11)16(14,15)9-3-8-13/h4-7,10H,3,9H2,1-2H3. The molecular formula is C12H15NO2S. The van der Waals surface area contributed by atoms with Crippen molar-refractivity contribution in [2.24, 2.45) is 0 Å². The highest BCUT2D eigenvalue weighted by molar-refractivity contribution is 7.91. The molecule has 0 aliphatic carbocycles. The molecule has 0 fully saturated rings. The fourth-order valence-corrected chi connectivity index (χ4v) is 2.50. The number of sulfone groups is 1. The average molecular weight is 237 g/mol. The third-order valence-electron chi connectivity index (χ3n) is 2.39. The molecule has 3 nitrogen and oxygen atoms in total. The van der Waals surface area contributed by atoms with Crippen LogP contribution in [0.2, 0.25) is 0 Å². The molecule has 16 heavy (non-hydrogen) atoms.